The van der Waals surface area contributed by atoms with Gasteiger partial charge in [0.25, 0.3) is 0 Å². The van der Waals surface area contributed by atoms with Gasteiger partial charge in [-0.15, -0.1) is 0 Å². The van der Waals surface area contributed by atoms with Crippen molar-refractivity contribution in [3.63, 3.8) is 0 Å². The van der Waals surface area contributed by atoms with E-state index in [2.05, 4.69) is 25.9 Å². The Balaban J connectivity index is 1.37. The van der Waals surface area contributed by atoms with Crippen LogP contribution in [0.5, 0.6) is 11.5 Å². The van der Waals surface area contributed by atoms with E-state index in [1.165, 1.54) is 23.0 Å². The number of aryl methyl sites for hydroxylation is 1. The maximum atomic E-state index is 12.9. The molecule has 1 aromatic carbocycles. The van der Waals surface area contributed by atoms with Crippen LogP contribution in [0.25, 0.3) is 11.2 Å². The molecule has 2 atom stereocenters. The first-order valence-electron chi connectivity index (χ1n) is 13.4. The fourth-order valence-electron chi connectivity index (χ4n) is 4.90. The minimum Gasteiger partial charge on any atom is -0.464 e. The molecule has 0 aliphatic carbocycles. The number of imidazole rings is 1. The van der Waals surface area contributed by atoms with E-state index in [9.17, 15) is 9.59 Å². The molecule has 2 aliphatic rings. The van der Waals surface area contributed by atoms with Gasteiger partial charge in [0.05, 0.1) is 6.61 Å². The van der Waals surface area contributed by atoms with E-state index in [1.54, 1.807) is 27.7 Å². The Morgan fingerprint density at radius 3 is 2.71 bits per heavy atom. The molecule has 5 rings (SSSR count). The van der Waals surface area contributed by atoms with Crippen LogP contribution in [0.2, 0.25) is 0 Å². The van der Waals surface area contributed by atoms with E-state index in [0.29, 0.717) is 53.1 Å². The van der Waals surface area contributed by atoms with Crippen molar-refractivity contribution in [1.82, 2.24) is 24.4 Å². The van der Waals surface area contributed by atoms with Gasteiger partial charge in [0, 0.05) is 22.5 Å². The number of carbonyl (C=O) groups is 2. The first kappa shape index (κ1) is 29.2. The van der Waals surface area contributed by atoms with Crippen molar-refractivity contribution >= 4 is 56.7 Å². The van der Waals surface area contributed by atoms with E-state index in [4.69, 9.17) is 29.7 Å². The minimum absolute atomic E-state index is 0.148. The third kappa shape index (κ3) is 6.48. The van der Waals surface area contributed by atoms with Crippen LogP contribution in [0.4, 0.5) is 10.6 Å². The summed E-state index contributed by atoms with van der Waals surface area (Å²) in [6.07, 6.45) is 2.84. The number of anilines is 1. The van der Waals surface area contributed by atoms with E-state index in [0.717, 1.165) is 22.2 Å². The number of halogens is 1. The smallest absolute Gasteiger partial charge is 0.411 e. The predicted octanol–water partition coefficient (Wildman–Crippen LogP) is 5.02. The van der Waals surface area contributed by atoms with Crippen molar-refractivity contribution < 1.29 is 28.5 Å². The Hall–Kier alpha value is -3.26. The highest BCUT2D eigenvalue weighted by Crippen LogP contribution is 2.43. The molecule has 3 aromatic rings. The number of benzene rings is 1. The van der Waals surface area contributed by atoms with Crippen LogP contribution in [-0.2, 0) is 20.8 Å². The number of esters is 1. The van der Waals surface area contributed by atoms with Crippen LogP contribution >= 0.6 is 27.7 Å². The van der Waals surface area contributed by atoms with Crippen molar-refractivity contribution in [2.24, 2.45) is 5.92 Å². The summed E-state index contributed by atoms with van der Waals surface area (Å²) < 4.78 is 24.8. The zero-order chi connectivity index (χ0) is 29.3. The molecule has 0 bridgehead atoms. The van der Waals surface area contributed by atoms with Crippen LogP contribution in [0.3, 0.4) is 0 Å². The highest BCUT2D eigenvalue weighted by Gasteiger charge is 2.39. The normalized spacial score (nSPS) is 18.5. The van der Waals surface area contributed by atoms with Gasteiger partial charge >= 0.3 is 12.1 Å². The zero-order valence-corrected chi connectivity index (χ0v) is 25.8. The summed E-state index contributed by atoms with van der Waals surface area (Å²) in [4.78, 5) is 41.6. The second kappa shape index (κ2) is 11.9. The average Bonchev–Trinajstić information content (AvgIpc) is 3.51. The van der Waals surface area contributed by atoms with Crippen molar-refractivity contribution in [3.05, 3.63) is 22.9 Å². The molecule has 1 saturated heterocycles. The summed E-state index contributed by atoms with van der Waals surface area (Å²) >= 11 is 5.08. The van der Waals surface area contributed by atoms with Crippen molar-refractivity contribution in [1.29, 1.82) is 0 Å². The molecule has 1 amide bonds. The minimum atomic E-state index is -0.709. The molecular weight excluding hydrogens is 616 g/mol. The SMILES string of the molecule is CCOC(=O)[C@@H]1C[C@H](CCn2c(Sc3cc4c(cc3Br)OCO4)nc3c(N)ncnc32)CCN1C(=O)OC(C)(C)C. The van der Waals surface area contributed by atoms with Gasteiger partial charge in [-0.25, -0.2) is 24.5 Å². The van der Waals surface area contributed by atoms with Gasteiger partial charge in [-0.05, 0) is 80.9 Å². The highest BCUT2D eigenvalue weighted by atomic mass is 79.9. The monoisotopic (exact) mass is 648 g/mol. The lowest BCUT2D eigenvalue weighted by Gasteiger charge is -2.38. The summed E-state index contributed by atoms with van der Waals surface area (Å²) in [6, 6.07) is 3.07. The van der Waals surface area contributed by atoms with E-state index < -0.39 is 23.7 Å². The van der Waals surface area contributed by atoms with Crippen molar-refractivity contribution in [2.45, 2.75) is 75.2 Å². The standard InChI is InChI=1S/C27H33BrN6O6S/c1-5-37-24(35)17-10-15(6-8-33(17)26(36)40-27(2,3)4)7-9-34-23-21(22(29)30-13-31-23)32-25(34)41-20-12-19-18(11-16(20)28)38-14-39-19/h11-13,15,17H,5-10,14H2,1-4H3,(H2,29,30,31)/t15-,17-/m0/s1. The topological polar surface area (TPSA) is 144 Å². The number of hydrogen-bond acceptors (Lipinski definition) is 11. The second-order valence-electron chi connectivity index (χ2n) is 10.8. The maximum Gasteiger partial charge on any atom is 0.411 e. The number of nitrogen functional groups attached to an aromatic ring is 1. The van der Waals surface area contributed by atoms with Gasteiger partial charge in [0.2, 0.25) is 6.79 Å². The largest absolute Gasteiger partial charge is 0.464 e. The molecule has 0 saturated carbocycles. The van der Waals surface area contributed by atoms with E-state index in [1.807, 2.05) is 16.7 Å². The summed E-state index contributed by atoms with van der Waals surface area (Å²) in [6.45, 7) is 8.56. The first-order valence-corrected chi connectivity index (χ1v) is 15.0. The molecule has 14 heteroatoms. The molecular formula is C27H33BrN6O6S. The molecule has 0 radical (unpaired) electrons. The lowest BCUT2D eigenvalue weighted by atomic mass is 9.88. The van der Waals surface area contributed by atoms with Crippen LogP contribution in [-0.4, -0.2) is 68.1 Å². The Morgan fingerprint density at radius 1 is 1.22 bits per heavy atom. The molecule has 0 unspecified atom stereocenters. The fourth-order valence-corrected chi connectivity index (χ4v) is 6.41. The molecule has 4 heterocycles. The third-order valence-electron chi connectivity index (χ3n) is 6.81. The molecule has 2 aliphatic heterocycles. The third-order valence-corrected chi connectivity index (χ3v) is 8.78. The van der Waals surface area contributed by atoms with Crippen LogP contribution < -0.4 is 15.2 Å². The van der Waals surface area contributed by atoms with E-state index in [-0.39, 0.29) is 19.3 Å². The van der Waals surface area contributed by atoms with Gasteiger partial charge in [-0.3, -0.25) is 4.90 Å². The van der Waals surface area contributed by atoms with Gasteiger partial charge in [0.1, 0.15) is 18.0 Å². The molecule has 2 N–H and O–H groups in total. The van der Waals surface area contributed by atoms with Crippen LogP contribution in [0.1, 0.15) is 47.0 Å². The van der Waals surface area contributed by atoms with Crippen LogP contribution in [0, 0.1) is 5.92 Å². The first-order chi connectivity index (χ1) is 19.5. The number of amides is 1. The van der Waals surface area contributed by atoms with Crippen LogP contribution in [0.15, 0.2) is 33.0 Å². The number of fused-ring (bicyclic) bond motifs is 2. The molecule has 41 heavy (non-hydrogen) atoms. The zero-order valence-electron chi connectivity index (χ0n) is 23.4. The number of hydrogen-bond donors (Lipinski definition) is 1. The maximum absolute atomic E-state index is 12.9. The molecule has 12 nitrogen and oxygen atoms in total. The summed E-state index contributed by atoms with van der Waals surface area (Å²) in [5.41, 5.74) is 6.65. The lowest BCUT2D eigenvalue weighted by Crippen LogP contribution is -2.52. The molecule has 1 fully saturated rings. The number of likely N-dealkylation sites (tertiary alicyclic amines) is 1. The number of ether oxygens (including phenoxy) is 4. The number of piperidine rings is 1. The quantitative estimate of drug-likeness (QED) is 0.345. The molecule has 2 aromatic heterocycles. The van der Waals surface area contributed by atoms with Gasteiger partial charge < -0.3 is 29.2 Å². The van der Waals surface area contributed by atoms with Crippen molar-refractivity contribution in [2.75, 3.05) is 25.7 Å². The predicted molar refractivity (Wildman–Crippen MR) is 155 cm³/mol. The number of nitrogens with zero attached hydrogens (tertiary/aromatic N) is 5. The number of aromatic nitrogens is 4. The second-order valence-corrected chi connectivity index (χ2v) is 12.7. The lowest BCUT2D eigenvalue weighted by molar-refractivity contribution is -0.151. The summed E-state index contributed by atoms with van der Waals surface area (Å²) in [7, 11) is 0. The molecule has 0 spiro atoms. The van der Waals surface area contributed by atoms with E-state index >= 15 is 0 Å². The number of rotatable bonds is 7. The Labute approximate surface area is 250 Å². The van der Waals surface area contributed by atoms with Crippen molar-refractivity contribution in [3.8, 4) is 11.5 Å². The van der Waals surface area contributed by atoms with Gasteiger partial charge in [0.15, 0.2) is 33.6 Å². The fraction of sp³-hybridized carbons (Fsp3) is 0.519. The molecule has 220 valence electrons. The Kier molecular flexibility index (Phi) is 8.50. The highest BCUT2D eigenvalue weighted by molar-refractivity contribution is 9.10. The Bertz CT molecular complexity index is 1460. The van der Waals surface area contributed by atoms with Gasteiger partial charge in [-0.1, -0.05) is 11.8 Å². The summed E-state index contributed by atoms with van der Waals surface area (Å²) in [5.74, 6) is 1.38. The van der Waals surface area contributed by atoms with Gasteiger partial charge in [-0.2, -0.15) is 0 Å². The number of carbonyl (C=O) groups excluding carboxylic acids is 2. The Morgan fingerprint density at radius 2 is 1.98 bits per heavy atom. The summed E-state index contributed by atoms with van der Waals surface area (Å²) in [5, 5.41) is 0.694. The number of nitrogens with two attached hydrogens (primary N) is 1. The average molecular weight is 650 g/mol.